The van der Waals surface area contributed by atoms with Gasteiger partial charge in [0.2, 0.25) is 0 Å². The normalized spacial score (nSPS) is 14.6. The van der Waals surface area contributed by atoms with Gasteiger partial charge in [0.25, 0.3) is 0 Å². The summed E-state index contributed by atoms with van der Waals surface area (Å²) in [7, 11) is -3.15. The summed E-state index contributed by atoms with van der Waals surface area (Å²) in [6.45, 7) is 4.45. The Kier molecular flexibility index (Phi) is 3.96. The van der Waals surface area contributed by atoms with Gasteiger partial charge in [-0.15, -0.1) is 0 Å². The van der Waals surface area contributed by atoms with Gasteiger partial charge in [-0.1, -0.05) is 26.0 Å². The van der Waals surface area contributed by atoms with Crippen molar-refractivity contribution < 1.29 is 8.42 Å². The first-order chi connectivity index (χ1) is 7.68. The van der Waals surface area contributed by atoms with E-state index in [-0.39, 0.29) is 11.5 Å². The van der Waals surface area contributed by atoms with Gasteiger partial charge in [0.15, 0.2) is 9.84 Å². The molecule has 96 valence electrons. The smallest absolute Gasteiger partial charge is 0.175 e. The molecule has 0 bridgehead atoms. The van der Waals surface area contributed by atoms with Crippen LogP contribution in [0.1, 0.15) is 25.5 Å². The van der Waals surface area contributed by atoms with Crippen LogP contribution in [0.25, 0.3) is 0 Å². The summed E-state index contributed by atoms with van der Waals surface area (Å²) in [6, 6.07) is 6.45. The lowest BCUT2D eigenvalue weighted by Gasteiger charge is -2.30. The monoisotopic (exact) mass is 256 g/mol. The summed E-state index contributed by atoms with van der Waals surface area (Å²) in [4.78, 5) is 0.305. The average Bonchev–Trinajstić information content (AvgIpc) is 2.27. The van der Waals surface area contributed by atoms with Gasteiger partial charge in [0, 0.05) is 12.3 Å². The zero-order valence-corrected chi connectivity index (χ0v) is 11.3. The van der Waals surface area contributed by atoms with Gasteiger partial charge in [-0.05, 0) is 29.7 Å². The molecule has 0 aliphatic rings. The Morgan fingerprint density at radius 1 is 1.24 bits per heavy atom. The van der Waals surface area contributed by atoms with Crippen LogP contribution in [-0.4, -0.2) is 21.2 Å². The molecule has 1 atom stereocenters. The van der Waals surface area contributed by atoms with E-state index < -0.39 is 9.84 Å². The van der Waals surface area contributed by atoms with Crippen LogP contribution in [0.15, 0.2) is 29.2 Å². The van der Waals surface area contributed by atoms with Gasteiger partial charge in [0.05, 0.1) is 4.90 Å². The highest BCUT2D eigenvalue weighted by Crippen LogP contribution is 2.30. The van der Waals surface area contributed by atoms with E-state index in [2.05, 4.69) is 0 Å². The summed E-state index contributed by atoms with van der Waals surface area (Å²) < 4.78 is 22.6. The molecule has 1 unspecified atom stereocenters. The summed E-state index contributed by atoms with van der Waals surface area (Å²) in [5.74, 6) is 0. The van der Waals surface area contributed by atoms with Gasteiger partial charge in [0.1, 0.15) is 0 Å². The Morgan fingerprint density at radius 3 is 2.06 bits per heavy atom. The minimum atomic E-state index is -3.15. The largest absolute Gasteiger partial charge is 0.330 e. The van der Waals surface area contributed by atoms with Crippen LogP contribution in [0.2, 0.25) is 0 Å². The maximum absolute atomic E-state index is 11.3. The van der Waals surface area contributed by atoms with Gasteiger partial charge < -0.3 is 11.5 Å². The Morgan fingerprint density at radius 2 is 1.71 bits per heavy atom. The third-order valence-electron chi connectivity index (χ3n) is 3.04. The molecule has 0 heterocycles. The quantitative estimate of drug-likeness (QED) is 0.844. The third kappa shape index (κ3) is 3.28. The molecule has 5 heteroatoms. The molecular weight excluding hydrogens is 236 g/mol. The van der Waals surface area contributed by atoms with E-state index in [1.54, 1.807) is 24.3 Å². The van der Waals surface area contributed by atoms with Gasteiger partial charge in [-0.2, -0.15) is 0 Å². The highest BCUT2D eigenvalue weighted by Gasteiger charge is 2.26. The fourth-order valence-electron chi connectivity index (χ4n) is 1.50. The zero-order chi connectivity index (χ0) is 13.3. The highest BCUT2D eigenvalue weighted by molar-refractivity contribution is 7.90. The van der Waals surface area contributed by atoms with E-state index in [1.165, 1.54) is 6.26 Å². The number of hydrogen-bond acceptors (Lipinski definition) is 4. The Hall–Kier alpha value is -0.910. The molecule has 0 aromatic heterocycles. The maximum atomic E-state index is 11.3. The van der Waals surface area contributed by atoms with E-state index in [0.29, 0.717) is 11.4 Å². The van der Waals surface area contributed by atoms with E-state index in [4.69, 9.17) is 11.5 Å². The molecule has 4 N–H and O–H groups in total. The van der Waals surface area contributed by atoms with Crippen molar-refractivity contribution in [3.8, 4) is 0 Å². The van der Waals surface area contributed by atoms with Crippen molar-refractivity contribution >= 4 is 9.84 Å². The molecule has 1 rings (SSSR count). The van der Waals surface area contributed by atoms with Crippen LogP contribution >= 0.6 is 0 Å². The molecule has 1 aromatic rings. The molecule has 17 heavy (non-hydrogen) atoms. The van der Waals surface area contributed by atoms with Crippen LogP contribution in [0.3, 0.4) is 0 Å². The summed E-state index contributed by atoms with van der Waals surface area (Å²) >= 11 is 0. The fourth-order valence-corrected chi connectivity index (χ4v) is 2.13. The SMILES string of the molecule is CC(C)(CN)C(N)c1ccc(S(C)(=O)=O)cc1. The molecule has 0 aliphatic heterocycles. The summed E-state index contributed by atoms with van der Waals surface area (Å²) in [6.07, 6.45) is 1.19. The predicted molar refractivity (Wildman–Crippen MR) is 69.3 cm³/mol. The van der Waals surface area contributed by atoms with E-state index in [9.17, 15) is 8.42 Å². The standard InChI is InChI=1S/C12H20N2O2S/c1-12(2,8-13)11(14)9-4-6-10(7-5-9)17(3,15)16/h4-7,11H,8,13-14H2,1-3H3. The first-order valence-electron chi connectivity index (χ1n) is 5.44. The third-order valence-corrected chi connectivity index (χ3v) is 4.16. The van der Waals surface area contributed by atoms with Crippen molar-refractivity contribution in [1.29, 1.82) is 0 Å². The van der Waals surface area contributed by atoms with E-state index >= 15 is 0 Å². The number of hydrogen-bond donors (Lipinski definition) is 2. The molecule has 0 saturated carbocycles. The topological polar surface area (TPSA) is 86.2 Å². The summed E-state index contributed by atoms with van der Waals surface area (Å²) in [5, 5.41) is 0. The summed E-state index contributed by atoms with van der Waals surface area (Å²) in [5.41, 5.74) is 12.5. The first kappa shape index (κ1) is 14.2. The Labute approximate surface area is 103 Å². The average molecular weight is 256 g/mol. The maximum Gasteiger partial charge on any atom is 0.175 e. The second-order valence-electron chi connectivity index (χ2n) is 5.01. The number of sulfone groups is 1. The van der Waals surface area contributed by atoms with Crippen molar-refractivity contribution in [2.75, 3.05) is 12.8 Å². The second-order valence-corrected chi connectivity index (χ2v) is 7.03. The lowest BCUT2D eigenvalue weighted by Crippen LogP contribution is -2.35. The van der Waals surface area contributed by atoms with Crippen LogP contribution in [0.5, 0.6) is 0 Å². The zero-order valence-electron chi connectivity index (χ0n) is 10.5. The molecule has 0 aliphatic carbocycles. The molecule has 0 spiro atoms. The highest BCUT2D eigenvalue weighted by atomic mass is 32.2. The van der Waals surface area contributed by atoms with Crippen LogP contribution in [0.4, 0.5) is 0 Å². The molecule has 0 saturated heterocycles. The van der Waals surface area contributed by atoms with Crippen LogP contribution < -0.4 is 11.5 Å². The molecule has 0 fully saturated rings. The van der Waals surface area contributed by atoms with Gasteiger partial charge in [-0.25, -0.2) is 8.42 Å². The van der Waals surface area contributed by atoms with Crippen LogP contribution in [-0.2, 0) is 9.84 Å². The van der Waals surface area contributed by atoms with E-state index in [1.807, 2.05) is 13.8 Å². The Balaban J connectivity index is 3.04. The molecule has 4 nitrogen and oxygen atoms in total. The van der Waals surface area contributed by atoms with Crippen LogP contribution in [0, 0.1) is 5.41 Å². The minimum Gasteiger partial charge on any atom is -0.330 e. The van der Waals surface area contributed by atoms with Crippen molar-refractivity contribution in [3.63, 3.8) is 0 Å². The van der Waals surface area contributed by atoms with Crippen molar-refractivity contribution in [2.45, 2.75) is 24.8 Å². The lowest BCUT2D eigenvalue weighted by atomic mass is 9.81. The molecule has 0 amide bonds. The number of rotatable bonds is 4. The van der Waals surface area contributed by atoms with Gasteiger partial charge >= 0.3 is 0 Å². The first-order valence-corrected chi connectivity index (χ1v) is 7.33. The Bertz CT molecular complexity index is 478. The lowest BCUT2D eigenvalue weighted by molar-refractivity contribution is 0.301. The van der Waals surface area contributed by atoms with Crippen molar-refractivity contribution in [1.82, 2.24) is 0 Å². The molecule has 0 radical (unpaired) electrons. The van der Waals surface area contributed by atoms with E-state index in [0.717, 1.165) is 5.56 Å². The second kappa shape index (κ2) is 4.76. The van der Waals surface area contributed by atoms with Gasteiger partial charge in [-0.3, -0.25) is 0 Å². The fraction of sp³-hybridized carbons (Fsp3) is 0.500. The predicted octanol–water partition coefficient (Wildman–Crippen LogP) is 1.07. The number of nitrogens with two attached hydrogens (primary N) is 2. The number of benzene rings is 1. The molecular formula is C12H20N2O2S. The van der Waals surface area contributed by atoms with Crippen molar-refractivity contribution in [2.24, 2.45) is 16.9 Å². The minimum absolute atomic E-state index is 0.207. The molecule has 1 aromatic carbocycles. The van der Waals surface area contributed by atoms with Crippen molar-refractivity contribution in [3.05, 3.63) is 29.8 Å².